The van der Waals surface area contributed by atoms with Crippen molar-refractivity contribution < 1.29 is 36.9 Å². The summed E-state index contributed by atoms with van der Waals surface area (Å²) >= 11 is -5.76. The van der Waals surface area contributed by atoms with E-state index in [9.17, 15) is 33.8 Å². The van der Waals surface area contributed by atoms with Gasteiger partial charge in [-0.05, 0) is 0 Å². The van der Waals surface area contributed by atoms with E-state index in [4.69, 9.17) is 0 Å². The van der Waals surface area contributed by atoms with Gasteiger partial charge in [-0.3, -0.25) is 0 Å². The average molecular weight is 425 g/mol. The van der Waals surface area contributed by atoms with Crippen LogP contribution in [0.25, 0.3) is 0 Å². The van der Waals surface area contributed by atoms with Crippen LogP contribution >= 0.6 is 0 Å². The van der Waals surface area contributed by atoms with Crippen molar-refractivity contribution >= 4 is 20.2 Å². The van der Waals surface area contributed by atoms with E-state index >= 15 is 0 Å². The quantitative estimate of drug-likeness (QED) is 0.511. The summed E-state index contributed by atoms with van der Waals surface area (Å²) in [6, 6.07) is 7.41. The molecule has 0 atom stereocenters. The van der Waals surface area contributed by atoms with Gasteiger partial charge in [-0.25, -0.2) is 0 Å². The van der Waals surface area contributed by atoms with Gasteiger partial charge < -0.3 is 0 Å². The molecule has 0 saturated heterocycles. The molecule has 0 radical (unpaired) electrons. The first-order valence-corrected chi connectivity index (χ1v) is 9.25. The number of alkyl halides is 7. The van der Waals surface area contributed by atoms with Crippen LogP contribution in [0.2, 0.25) is 0 Å². The van der Waals surface area contributed by atoms with Crippen molar-refractivity contribution in [3.63, 3.8) is 0 Å². The Labute approximate surface area is 122 Å². The molecule has 0 heterocycles. The van der Waals surface area contributed by atoms with E-state index in [-0.39, 0.29) is 0 Å². The second kappa shape index (κ2) is 6.59. The molecule has 0 aliphatic carbocycles. The number of hydrogen-bond donors (Lipinski definition) is 0. The maximum absolute atomic E-state index is 13.2. The molecule has 0 spiro atoms. The van der Waals surface area contributed by atoms with Crippen molar-refractivity contribution in [2.45, 2.75) is 29.1 Å². The molecule has 1 rings (SSSR count). The van der Waals surface area contributed by atoms with Gasteiger partial charge in [-0.2, -0.15) is 0 Å². The van der Waals surface area contributed by atoms with Crippen molar-refractivity contribution in [1.82, 2.24) is 0 Å². The molecule has 0 aromatic heterocycles. The molecule has 1 aromatic rings. The molecule has 118 valence electrons. The summed E-state index contributed by atoms with van der Waals surface area (Å²) in [5, 5.41) is 0. The third kappa shape index (κ3) is 5.20. The van der Waals surface area contributed by atoms with Crippen LogP contribution in [0.4, 0.5) is 30.7 Å². The minimum atomic E-state index is -5.76. The van der Waals surface area contributed by atoms with Crippen molar-refractivity contribution in [1.29, 1.82) is 0 Å². The molecule has 0 bridgehead atoms. The molecule has 0 amide bonds. The van der Waals surface area contributed by atoms with Crippen LogP contribution in [0.3, 0.4) is 0 Å². The zero-order chi connectivity index (χ0) is 16.3. The summed E-state index contributed by atoms with van der Waals surface area (Å²) in [7, 11) is 0. The van der Waals surface area contributed by atoms with Crippen LogP contribution in [0, 0.1) is 0 Å². The van der Waals surface area contributed by atoms with Crippen LogP contribution in [-0.4, -0.2) is 36.2 Å². The van der Waals surface area contributed by atoms with Crippen molar-refractivity contribution in [2.24, 2.45) is 0 Å². The minimum absolute atomic E-state index is 0.293. The first-order valence-electron chi connectivity index (χ1n) is 5.49. The second-order valence-corrected chi connectivity index (χ2v) is 8.39. The van der Waals surface area contributed by atoms with Gasteiger partial charge in [0.1, 0.15) is 0 Å². The van der Waals surface area contributed by atoms with E-state index in [0.717, 1.165) is 0 Å². The van der Waals surface area contributed by atoms with E-state index in [0.29, 0.717) is 5.56 Å². The molecule has 0 aliphatic rings. The van der Waals surface area contributed by atoms with E-state index in [1.54, 1.807) is 6.07 Å². The molecular weight excluding hydrogens is 416 g/mol. The van der Waals surface area contributed by atoms with Crippen LogP contribution in [0.1, 0.15) is 12.0 Å². The van der Waals surface area contributed by atoms with Crippen molar-refractivity contribution in [2.75, 3.05) is 0 Å². The third-order valence-electron chi connectivity index (χ3n) is 2.35. The molecule has 0 aliphatic heterocycles. The SMILES string of the molecule is [O]=[Sn]([O]Cc1ccccc1)[C](F)(F)C(F)(F)CC(F)(F)F. The Kier molecular flexibility index (Phi) is 5.75. The second-order valence-electron chi connectivity index (χ2n) is 4.13. The monoisotopic (exact) mass is 426 g/mol. The summed E-state index contributed by atoms with van der Waals surface area (Å²) in [6.07, 6.45) is -8.55. The van der Waals surface area contributed by atoms with Gasteiger partial charge in [0.05, 0.1) is 0 Å². The summed E-state index contributed by atoms with van der Waals surface area (Å²) in [4.78, 5) is 0. The first kappa shape index (κ1) is 18.3. The van der Waals surface area contributed by atoms with E-state index in [1.165, 1.54) is 24.3 Å². The Hall–Kier alpha value is -0.711. The summed E-state index contributed by atoms with van der Waals surface area (Å²) in [6.45, 7) is -0.628. The summed E-state index contributed by atoms with van der Waals surface area (Å²) in [5.41, 5.74) is 0.293. The van der Waals surface area contributed by atoms with Crippen LogP contribution in [-0.2, 0) is 12.8 Å². The normalized spacial score (nSPS) is 13.3. The summed E-state index contributed by atoms with van der Waals surface area (Å²) < 4.78 is 98.2. The Morgan fingerprint density at radius 1 is 0.952 bits per heavy atom. The van der Waals surface area contributed by atoms with E-state index in [1.807, 2.05) is 0 Å². The van der Waals surface area contributed by atoms with Crippen molar-refractivity contribution in [3.8, 4) is 0 Å². The number of rotatable bonds is 6. The Morgan fingerprint density at radius 3 is 1.95 bits per heavy atom. The van der Waals surface area contributed by atoms with Crippen LogP contribution in [0.15, 0.2) is 30.3 Å². The molecule has 0 N–H and O–H groups in total. The van der Waals surface area contributed by atoms with Gasteiger partial charge in [0.25, 0.3) is 0 Å². The molecule has 0 saturated carbocycles. The Morgan fingerprint density at radius 2 is 1.48 bits per heavy atom. The van der Waals surface area contributed by atoms with Gasteiger partial charge >= 0.3 is 122 Å². The molecule has 10 heteroatoms. The van der Waals surface area contributed by atoms with Gasteiger partial charge in [-0.15, -0.1) is 0 Å². The average Bonchev–Trinajstić information content (AvgIpc) is 2.34. The predicted octanol–water partition coefficient (Wildman–Crippen LogP) is 3.88. The molecular formula is C11H9F7O2Sn. The summed E-state index contributed by atoms with van der Waals surface area (Å²) in [5.74, 6) is -5.46. The Balaban J connectivity index is 2.74. The van der Waals surface area contributed by atoms with Gasteiger partial charge in [-0.1, -0.05) is 0 Å². The topological polar surface area (TPSA) is 26.3 Å². The van der Waals surface area contributed by atoms with Gasteiger partial charge in [0.2, 0.25) is 0 Å². The van der Waals surface area contributed by atoms with E-state index in [2.05, 4.69) is 3.07 Å². The van der Waals surface area contributed by atoms with Gasteiger partial charge in [0, 0.05) is 0 Å². The Bertz CT molecular complexity index is 487. The molecule has 0 unspecified atom stereocenters. The van der Waals surface area contributed by atoms with E-state index < -0.39 is 49.2 Å². The van der Waals surface area contributed by atoms with Crippen LogP contribution < -0.4 is 0 Å². The molecule has 0 fully saturated rings. The zero-order valence-corrected chi connectivity index (χ0v) is 13.1. The molecule has 1 aromatic carbocycles. The number of benzene rings is 1. The predicted molar refractivity (Wildman–Crippen MR) is 58.2 cm³/mol. The van der Waals surface area contributed by atoms with Crippen molar-refractivity contribution in [3.05, 3.63) is 35.9 Å². The first-order chi connectivity index (χ1) is 9.46. The zero-order valence-electron chi connectivity index (χ0n) is 10.3. The van der Waals surface area contributed by atoms with Gasteiger partial charge in [0.15, 0.2) is 0 Å². The molecule has 21 heavy (non-hydrogen) atoms. The van der Waals surface area contributed by atoms with Crippen LogP contribution in [0.5, 0.6) is 0 Å². The fourth-order valence-corrected chi connectivity index (χ4v) is 3.80. The maximum atomic E-state index is 13.2. The fraction of sp³-hybridized carbons (Fsp3) is 0.455. The fourth-order valence-electron chi connectivity index (χ4n) is 1.33. The standard InChI is InChI=1S/C7H7O.C4H2F7.O.Sn/c8-6-7-4-2-1-3-5-7;5-2(6)3(7,8)1-4(9,10)11;;/h1-5H,6H2;1H2;;/q-1;;;+1. The third-order valence-corrected chi connectivity index (χ3v) is 6.02. The molecule has 2 nitrogen and oxygen atoms in total. The number of hydrogen-bond acceptors (Lipinski definition) is 2. The number of halogens is 7.